The van der Waals surface area contributed by atoms with Crippen molar-refractivity contribution in [1.82, 2.24) is 19.7 Å². The van der Waals surface area contributed by atoms with Gasteiger partial charge in [-0.25, -0.2) is 4.98 Å². The van der Waals surface area contributed by atoms with Crippen LogP contribution >= 0.6 is 0 Å². The van der Waals surface area contributed by atoms with Crippen molar-refractivity contribution in [2.24, 2.45) is 0 Å². The van der Waals surface area contributed by atoms with Crippen LogP contribution in [0.5, 0.6) is 0 Å². The van der Waals surface area contributed by atoms with Gasteiger partial charge < -0.3 is 14.1 Å². The third kappa shape index (κ3) is 6.76. The minimum absolute atomic E-state index is 0.141. The van der Waals surface area contributed by atoms with Gasteiger partial charge in [-0.3, -0.25) is 14.6 Å². The van der Waals surface area contributed by atoms with E-state index in [-0.39, 0.29) is 5.91 Å². The first kappa shape index (κ1) is 24.1. The van der Waals surface area contributed by atoms with Gasteiger partial charge in [-0.2, -0.15) is 0 Å². The Morgan fingerprint density at radius 2 is 1.74 bits per heavy atom. The second-order valence-electron chi connectivity index (χ2n) is 8.86. The van der Waals surface area contributed by atoms with E-state index in [4.69, 9.17) is 9.15 Å². The van der Waals surface area contributed by atoms with Crippen LogP contribution in [0, 0.1) is 6.92 Å². The van der Waals surface area contributed by atoms with Crippen molar-refractivity contribution in [1.29, 1.82) is 0 Å². The second kappa shape index (κ2) is 11.9. The van der Waals surface area contributed by atoms with E-state index < -0.39 is 0 Å². The molecule has 2 aromatic carbocycles. The van der Waals surface area contributed by atoms with Crippen LogP contribution in [0.3, 0.4) is 0 Å². The fourth-order valence-corrected chi connectivity index (χ4v) is 4.15. The van der Waals surface area contributed by atoms with Crippen LogP contribution in [0.15, 0.2) is 65.3 Å². The highest BCUT2D eigenvalue weighted by Crippen LogP contribution is 2.15. The first-order valence-electron chi connectivity index (χ1n) is 11.9. The van der Waals surface area contributed by atoms with Gasteiger partial charge in [0.15, 0.2) is 5.69 Å². The maximum absolute atomic E-state index is 12.9. The molecule has 0 atom stereocenters. The zero-order valence-corrected chi connectivity index (χ0v) is 20.2. The number of rotatable bonds is 10. The molecule has 1 amide bonds. The quantitative estimate of drug-likeness (QED) is 0.459. The van der Waals surface area contributed by atoms with Gasteiger partial charge in [0.25, 0.3) is 5.91 Å². The maximum atomic E-state index is 12.9. The molecule has 7 heteroatoms. The summed E-state index contributed by atoms with van der Waals surface area (Å²) in [4.78, 5) is 23.9. The average molecular weight is 463 g/mol. The Balaban J connectivity index is 1.40. The Hall–Kier alpha value is -3.00. The van der Waals surface area contributed by atoms with Crippen molar-refractivity contribution in [2.75, 3.05) is 46.4 Å². The zero-order chi connectivity index (χ0) is 23.8. The topological polar surface area (TPSA) is 62.1 Å². The number of aryl methyl sites for hydroxylation is 1. The molecule has 180 valence electrons. The van der Waals surface area contributed by atoms with E-state index in [1.165, 1.54) is 17.4 Å². The highest BCUT2D eigenvalue weighted by atomic mass is 16.5. The first-order chi connectivity index (χ1) is 16.6. The fraction of sp³-hybridized carbons (Fsp3) is 0.407. The molecule has 0 radical (unpaired) electrons. The summed E-state index contributed by atoms with van der Waals surface area (Å²) in [5, 5.41) is 0. The van der Waals surface area contributed by atoms with E-state index in [9.17, 15) is 4.79 Å². The molecule has 0 aliphatic carbocycles. The summed E-state index contributed by atoms with van der Waals surface area (Å²) in [6.07, 6.45) is 1.48. The van der Waals surface area contributed by atoms with E-state index in [0.29, 0.717) is 24.7 Å². The number of hydrogen-bond donors (Lipinski definition) is 0. The number of benzene rings is 2. The number of morpholine rings is 1. The molecule has 0 unspecified atom stereocenters. The first-order valence-corrected chi connectivity index (χ1v) is 11.9. The molecule has 0 bridgehead atoms. The lowest BCUT2D eigenvalue weighted by atomic mass is 10.1. The van der Waals surface area contributed by atoms with Gasteiger partial charge >= 0.3 is 0 Å². The van der Waals surface area contributed by atoms with Gasteiger partial charge in [0.2, 0.25) is 5.89 Å². The lowest BCUT2D eigenvalue weighted by molar-refractivity contribution is 0.0320. The summed E-state index contributed by atoms with van der Waals surface area (Å²) in [5.74, 6) is 0.421. The molecule has 7 nitrogen and oxygen atoms in total. The van der Waals surface area contributed by atoms with Crippen LogP contribution in [-0.4, -0.2) is 72.0 Å². The number of nitrogens with zero attached hydrogens (tertiary/aromatic N) is 4. The third-order valence-electron chi connectivity index (χ3n) is 6.23. The zero-order valence-electron chi connectivity index (χ0n) is 20.2. The minimum Gasteiger partial charge on any atom is -0.447 e. The van der Waals surface area contributed by atoms with Gasteiger partial charge in [-0.1, -0.05) is 54.6 Å². The lowest BCUT2D eigenvalue weighted by Crippen LogP contribution is -2.41. The van der Waals surface area contributed by atoms with Gasteiger partial charge in [-0.15, -0.1) is 0 Å². The number of hydrogen-bond acceptors (Lipinski definition) is 6. The van der Waals surface area contributed by atoms with E-state index in [1.54, 1.807) is 11.9 Å². The monoisotopic (exact) mass is 462 g/mol. The van der Waals surface area contributed by atoms with Crippen LogP contribution in [0.4, 0.5) is 0 Å². The van der Waals surface area contributed by atoms with Crippen molar-refractivity contribution in [3.63, 3.8) is 0 Å². The number of amides is 1. The number of ether oxygens (including phenoxy) is 1. The highest BCUT2D eigenvalue weighted by molar-refractivity contribution is 5.91. The molecule has 1 aromatic heterocycles. The molecular formula is C27H34N4O3. The Morgan fingerprint density at radius 3 is 2.50 bits per heavy atom. The second-order valence-corrected chi connectivity index (χ2v) is 8.86. The molecule has 1 aliphatic rings. The third-order valence-corrected chi connectivity index (χ3v) is 6.23. The number of carbonyl (C=O) groups excluding carboxylic acids is 1. The smallest absolute Gasteiger partial charge is 0.275 e. The van der Waals surface area contributed by atoms with Crippen molar-refractivity contribution in [2.45, 2.75) is 26.6 Å². The Bertz CT molecular complexity index is 1050. The molecule has 2 heterocycles. The summed E-state index contributed by atoms with van der Waals surface area (Å²) in [6, 6.07) is 18.4. The lowest BCUT2D eigenvalue weighted by Gasteiger charge is -2.29. The Labute approximate surface area is 201 Å². The summed E-state index contributed by atoms with van der Waals surface area (Å²) in [5.41, 5.74) is 3.98. The standard InChI is InChI=1S/C27H34N4O3/c1-22-8-6-7-11-24(22)19-31(13-12-30-14-16-33-17-15-30)20-26-28-25(21-34-26)27(32)29(2)18-23-9-4-3-5-10-23/h3-11,21H,12-20H2,1-2H3. The van der Waals surface area contributed by atoms with Gasteiger partial charge in [0.05, 0.1) is 19.8 Å². The van der Waals surface area contributed by atoms with Crippen molar-refractivity contribution in [3.8, 4) is 0 Å². The van der Waals surface area contributed by atoms with Gasteiger partial charge in [-0.05, 0) is 23.6 Å². The van der Waals surface area contributed by atoms with Crippen LogP contribution < -0.4 is 0 Å². The molecule has 1 saturated heterocycles. The van der Waals surface area contributed by atoms with Gasteiger partial charge in [0, 0.05) is 46.3 Å². The number of oxazole rings is 1. The average Bonchev–Trinajstić information content (AvgIpc) is 3.33. The largest absolute Gasteiger partial charge is 0.447 e. The molecule has 0 N–H and O–H groups in total. The van der Waals surface area contributed by atoms with E-state index in [0.717, 1.165) is 51.5 Å². The molecule has 0 saturated carbocycles. The normalized spacial score (nSPS) is 14.4. The summed E-state index contributed by atoms with van der Waals surface area (Å²) < 4.78 is 11.2. The van der Waals surface area contributed by atoms with Crippen LogP contribution in [0.25, 0.3) is 0 Å². The molecule has 4 rings (SSSR count). The maximum Gasteiger partial charge on any atom is 0.275 e. The molecular weight excluding hydrogens is 428 g/mol. The predicted molar refractivity (Wildman–Crippen MR) is 131 cm³/mol. The minimum atomic E-state index is -0.141. The summed E-state index contributed by atoms with van der Waals surface area (Å²) >= 11 is 0. The Kier molecular flexibility index (Phi) is 8.46. The van der Waals surface area contributed by atoms with Crippen molar-refractivity contribution in [3.05, 3.63) is 89.1 Å². The van der Waals surface area contributed by atoms with Gasteiger partial charge in [0.1, 0.15) is 6.26 Å². The molecule has 0 spiro atoms. The number of carbonyl (C=O) groups is 1. The van der Waals surface area contributed by atoms with E-state index in [2.05, 4.69) is 46.0 Å². The van der Waals surface area contributed by atoms with Crippen LogP contribution in [0.2, 0.25) is 0 Å². The fourth-order valence-electron chi connectivity index (χ4n) is 4.15. The van der Waals surface area contributed by atoms with E-state index >= 15 is 0 Å². The summed E-state index contributed by atoms with van der Waals surface area (Å²) in [7, 11) is 1.79. The molecule has 34 heavy (non-hydrogen) atoms. The van der Waals surface area contributed by atoms with Crippen molar-refractivity contribution < 1.29 is 13.9 Å². The SMILES string of the molecule is Cc1ccccc1CN(CCN1CCOCC1)Cc1nc(C(=O)N(C)Cc2ccccc2)co1. The van der Waals surface area contributed by atoms with E-state index in [1.807, 2.05) is 30.3 Å². The van der Waals surface area contributed by atoms with Crippen molar-refractivity contribution >= 4 is 5.91 Å². The van der Waals surface area contributed by atoms with Crippen LogP contribution in [-0.2, 0) is 24.4 Å². The molecule has 1 aliphatic heterocycles. The van der Waals surface area contributed by atoms with Crippen LogP contribution in [0.1, 0.15) is 33.1 Å². The number of aromatic nitrogens is 1. The Morgan fingerprint density at radius 1 is 1.00 bits per heavy atom. The molecule has 1 fully saturated rings. The summed E-state index contributed by atoms with van der Waals surface area (Å²) in [6.45, 7) is 9.37. The highest BCUT2D eigenvalue weighted by Gasteiger charge is 2.20. The predicted octanol–water partition coefficient (Wildman–Crippen LogP) is 3.59. The molecule has 3 aromatic rings.